The van der Waals surface area contributed by atoms with E-state index in [-0.39, 0.29) is 18.5 Å². The van der Waals surface area contributed by atoms with Crippen LogP contribution in [0.5, 0.6) is 0 Å². The van der Waals surface area contributed by atoms with Crippen LogP contribution in [0.2, 0.25) is 0 Å². The summed E-state index contributed by atoms with van der Waals surface area (Å²) in [5, 5.41) is 0. The summed E-state index contributed by atoms with van der Waals surface area (Å²) in [6, 6.07) is 0. The maximum absolute atomic E-state index is 12.2. The van der Waals surface area contributed by atoms with Gasteiger partial charge in [-0.3, -0.25) is 0 Å². The van der Waals surface area contributed by atoms with E-state index in [0.29, 0.717) is 26.3 Å². The maximum Gasteiger partial charge on any atom is 0.216 e. The molecule has 1 rings (SSSR count). The number of morpholine rings is 1. The van der Waals surface area contributed by atoms with Crippen molar-refractivity contribution in [1.82, 2.24) is 4.31 Å². The molecule has 1 aliphatic rings. The molecule has 0 bridgehead atoms. The van der Waals surface area contributed by atoms with Crippen molar-refractivity contribution in [3.8, 4) is 0 Å². The first-order valence-corrected chi connectivity index (χ1v) is 8.14. The second kappa shape index (κ2) is 6.99. The van der Waals surface area contributed by atoms with Crippen LogP contribution < -0.4 is 0 Å². The highest BCUT2D eigenvalue weighted by atomic mass is 32.2. The fourth-order valence-corrected chi connectivity index (χ4v) is 3.65. The molecule has 1 saturated heterocycles. The normalized spacial score (nSPS) is 24.5. The van der Waals surface area contributed by atoms with E-state index < -0.39 is 15.6 Å². The van der Waals surface area contributed by atoms with Gasteiger partial charge in [-0.15, -0.1) is 0 Å². The zero-order chi connectivity index (χ0) is 14.5. The first-order valence-electron chi connectivity index (χ1n) is 6.53. The molecule has 0 aliphatic carbocycles. The van der Waals surface area contributed by atoms with Crippen LogP contribution in [0.1, 0.15) is 20.8 Å². The lowest BCUT2D eigenvalue weighted by Crippen LogP contribution is -2.56. The zero-order valence-corrected chi connectivity index (χ0v) is 13.0. The van der Waals surface area contributed by atoms with Gasteiger partial charge in [0.1, 0.15) is 0 Å². The fourth-order valence-electron chi connectivity index (χ4n) is 2.16. The Hall–Kier alpha value is -0.210. The van der Waals surface area contributed by atoms with Crippen LogP contribution in [0, 0.1) is 0 Å². The van der Waals surface area contributed by atoms with E-state index in [4.69, 9.17) is 14.2 Å². The predicted molar refractivity (Wildman–Crippen MR) is 72.7 cm³/mol. The highest BCUT2D eigenvalue weighted by Crippen LogP contribution is 2.23. The number of sulfonamides is 1. The van der Waals surface area contributed by atoms with E-state index in [0.717, 1.165) is 0 Å². The van der Waals surface area contributed by atoms with Crippen molar-refractivity contribution < 1.29 is 22.6 Å². The van der Waals surface area contributed by atoms with Gasteiger partial charge in [-0.1, -0.05) is 0 Å². The molecule has 0 saturated carbocycles. The molecule has 1 aliphatic heterocycles. The third-order valence-electron chi connectivity index (χ3n) is 2.89. The lowest BCUT2D eigenvalue weighted by Gasteiger charge is -2.41. The zero-order valence-electron chi connectivity index (χ0n) is 12.2. The monoisotopic (exact) mass is 295 g/mol. The Labute approximate surface area is 116 Å². The van der Waals surface area contributed by atoms with Gasteiger partial charge in [-0.05, 0) is 20.8 Å². The van der Waals surface area contributed by atoms with E-state index in [2.05, 4.69) is 0 Å². The van der Waals surface area contributed by atoms with Crippen molar-refractivity contribution >= 4 is 10.0 Å². The average molecular weight is 295 g/mol. The lowest BCUT2D eigenvalue weighted by molar-refractivity contribution is -0.135. The van der Waals surface area contributed by atoms with Crippen molar-refractivity contribution in [2.24, 2.45) is 0 Å². The summed E-state index contributed by atoms with van der Waals surface area (Å²) in [5.41, 5.74) is -0.500. The molecule has 0 radical (unpaired) electrons. The molecule has 7 heteroatoms. The van der Waals surface area contributed by atoms with Crippen LogP contribution in [-0.4, -0.2) is 70.2 Å². The number of methoxy groups -OCH3 is 1. The minimum Gasteiger partial charge on any atom is -0.382 e. The van der Waals surface area contributed by atoms with Crippen LogP contribution in [0.25, 0.3) is 0 Å². The summed E-state index contributed by atoms with van der Waals surface area (Å²) in [7, 11) is -1.72. The molecule has 1 fully saturated rings. The number of hydrogen-bond donors (Lipinski definition) is 0. The molecular formula is C12H25NO5S. The standard InChI is InChI=1S/C12H25NO5S/c1-5-17-6-7-19(14,15)13-8-11(9-16-4)18-12(2,3)10-13/h11H,5-10H2,1-4H3/t11-/m1/s1. The molecule has 0 spiro atoms. The summed E-state index contributed by atoms with van der Waals surface area (Å²) in [4.78, 5) is 0. The van der Waals surface area contributed by atoms with Crippen molar-refractivity contribution in [1.29, 1.82) is 0 Å². The van der Waals surface area contributed by atoms with Crippen molar-refractivity contribution in [3.05, 3.63) is 0 Å². The Kier molecular flexibility index (Phi) is 6.19. The number of nitrogens with zero attached hydrogens (tertiary/aromatic N) is 1. The second-order valence-corrected chi connectivity index (χ2v) is 7.35. The molecule has 0 aromatic carbocycles. The Morgan fingerprint density at radius 3 is 2.68 bits per heavy atom. The summed E-state index contributed by atoms with van der Waals surface area (Å²) in [6.07, 6.45) is -0.226. The lowest BCUT2D eigenvalue weighted by atomic mass is 10.1. The Bertz CT molecular complexity index is 368. The minimum absolute atomic E-state index is 0.0105. The van der Waals surface area contributed by atoms with E-state index >= 15 is 0 Å². The summed E-state index contributed by atoms with van der Waals surface area (Å²) < 4.78 is 42.0. The van der Waals surface area contributed by atoms with Crippen LogP contribution in [0.3, 0.4) is 0 Å². The van der Waals surface area contributed by atoms with Gasteiger partial charge in [-0.25, -0.2) is 8.42 Å². The molecule has 1 heterocycles. The Morgan fingerprint density at radius 2 is 2.11 bits per heavy atom. The molecule has 6 nitrogen and oxygen atoms in total. The number of hydrogen-bond acceptors (Lipinski definition) is 5. The van der Waals surface area contributed by atoms with E-state index in [9.17, 15) is 8.42 Å². The SMILES string of the molecule is CCOCCS(=O)(=O)N1C[C@H](COC)OC(C)(C)C1. The molecule has 1 atom stereocenters. The smallest absolute Gasteiger partial charge is 0.216 e. The maximum atomic E-state index is 12.2. The van der Waals surface area contributed by atoms with Gasteiger partial charge in [0.05, 0.1) is 30.7 Å². The van der Waals surface area contributed by atoms with Crippen molar-refractivity contribution in [2.75, 3.05) is 45.8 Å². The minimum atomic E-state index is -3.31. The van der Waals surface area contributed by atoms with Gasteiger partial charge in [0.15, 0.2) is 0 Å². The van der Waals surface area contributed by atoms with Gasteiger partial charge < -0.3 is 14.2 Å². The molecule has 114 valence electrons. The molecule has 0 amide bonds. The van der Waals surface area contributed by atoms with Crippen molar-refractivity contribution in [2.45, 2.75) is 32.5 Å². The summed E-state index contributed by atoms with van der Waals surface area (Å²) in [5.74, 6) is 0.0105. The molecule has 0 aromatic rings. The van der Waals surface area contributed by atoms with Gasteiger partial charge in [0.25, 0.3) is 0 Å². The second-order valence-electron chi connectivity index (χ2n) is 5.26. The van der Waals surface area contributed by atoms with E-state index in [1.807, 2.05) is 20.8 Å². The fraction of sp³-hybridized carbons (Fsp3) is 1.00. The van der Waals surface area contributed by atoms with Gasteiger partial charge in [-0.2, -0.15) is 4.31 Å². The largest absolute Gasteiger partial charge is 0.382 e. The molecule has 0 N–H and O–H groups in total. The number of rotatable bonds is 7. The predicted octanol–water partition coefficient (Wildman–Crippen LogP) is 0.479. The number of ether oxygens (including phenoxy) is 3. The quantitative estimate of drug-likeness (QED) is 0.639. The van der Waals surface area contributed by atoms with Gasteiger partial charge in [0, 0.05) is 26.8 Å². The summed E-state index contributed by atoms with van der Waals surface area (Å²) >= 11 is 0. The first-order chi connectivity index (χ1) is 8.80. The van der Waals surface area contributed by atoms with Gasteiger partial charge in [0.2, 0.25) is 10.0 Å². The summed E-state index contributed by atoms with van der Waals surface area (Å²) in [6.45, 7) is 7.47. The van der Waals surface area contributed by atoms with E-state index in [1.54, 1.807) is 7.11 Å². The van der Waals surface area contributed by atoms with E-state index in [1.165, 1.54) is 4.31 Å². The van der Waals surface area contributed by atoms with Crippen molar-refractivity contribution in [3.63, 3.8) is 0 Å². The third kappa shape index (κ3) is 5.35. The Balaban J connectivity index is 2.69. The van der Waals surface area contributed by atoms with Crippen LogP contribution in [-0.2, 0) is 24.2 Å². The molecule has 0 aromatic heterocycles. The molecular weight excluding hydrogens is 270 g/mol. The highest BCUT2D eigenvalue weighted by molar-refractivity contribution is 7.89. The van der Waals surface area contributed by atoms with Crippen LogP contribution in [0.15, 0.2) is 0 Å². The highest BCUT2D eigenvalue weighted by Gasteiger charge is 2.38. The van der Waals surface area contributed by atoms with Crippen LogP contribution >= 0.6 is 0 Å². The topological polar surface area (TPSA) is 65.1 Å². The van der Waals surface area contributed by atoms with Crippen LogP contribution in [0.4, 0.5) is 0 Å². The van der Waals surface area contributed by atoms with Gasteiger partial charge >= 0.3 is 0 Å². The first kappa shape index (κ1) is 16.8. The molecule has 19 heavy (non-hydrogen) atoms. The Morgan fingerprint density at radius 1 is 1.42 bits per heavy atom. The third-order valence-corrected chi connectivity index (χ3v) is 4.63. The average Bonchev–Trinajstić information content (AvgIpc) is 2.27. The molecule has 0 unspecified atom stereocenters.